The van der Waals surface area contributed by atoms with Crippen LogP contribution >= 0.6 is 0 Å². The van der Waals surface area contributed by atoms with E-state index >= 15 is 0 Å². The van der Waals surface area contributed by atoms with Gasteiger partial charge in [0, 0.05) is 19.2 Å². The highest BCUT2D eigenvalue weighted by atomic mass is 16.4. The molecule has 0 bridgehead atoms. The average molecular weight is 201 g/mol. The number of amides is 1. The van der Waals surface area contributed by atoms with Crippen LogP contribution in [0.15, 0.2) is 12.2 Å². The topological polar surface area (TPSA) is 77.8 Å². The summed E-state index contributed by atoms with van der Waals surface area (Å²) in [7, 11) is 1.50. The molecule has 2 N–H and O–H groups in total. The van der Waals surface area contributed by atoms with E-state index in [0.29, 0.717) is 0 Å². The van der Waals surface area contributed by atoms with Gasteiger partial charge in [0.15, 0.2) is 0 Å². The van der Waals surface area contributed by atoms with Crippen LogP contribution in [0, 0.1) is 0 Å². The first-order valence-corrected chi connectivity index (χ1v) is 4.11. The molecule has 0 aromatic carbocycles. The lowest BCUT2D eigenvalue weighted by Gasteiger charge is -2.33. The second-order valence-electron chi connectivity index (χ2n) is 3.54. The van der Waals surface area contributed by atoms with Crippen LogP contribution in [0.3, 0.4) is 0 Å². The third kappa shape index (κ3) is 3.57. The summed E-state index contributed by atoms with van der Waals surface area (Å²) in [5.41, 5.74) is -0.695. The van der Waals surface area contributed by atoms with Gasteiger partial charge in [-0.3, -0.25) is 4.79 Å². The largest absolute Gasteiger partial charge is 0.478 e. The van der Waals surface area contributed by atoms with Crippen LogP contribution in [0.2, 0.25) is 0 Å². The Morgan fingerprint density at radius 3 is 2.21 bits per heavy atom. The van der Waals surface area contributed by atoms with Gasteiger partial charge in [-0.15, -0.1) is 0 Å². The summed E-state index contributed by atoms with van der Waals surface area (Å²) in [6, 6.07) is 0. The molecule has 5 heteroatoms. The highest BCUT2D eigenvalue weighted by Crippen LogP contribution is 2.11. The number of hydrogen-bond donors (Lipinski definition) is 2. The fraction of sp³-hybridized carbons (Fsp3) is 0.556. The van der Waals surface area contributed by atoms with Crippen LogP contribution in [0.25, 0.3) is 0 Å². The summed E-state index contributed by atoms with van der Waals surface area (Å²) < 4.78 is 0. The van der Waals surface area contributed by atoms with Crippen molar-refractivity contribution in [1.29, 1.82) is 0 Å². The number of carbonyl (C=O) groups is 2. The zero-order valence-electron chi connectivity index (χ0n) is 8.52. The van der Waals surface area contributed by atoms with Gasteiger partial charge in [-0.2, -0.15) is 0 Å². The van der Waals surface area contributed by atoms with Crippen LogP contribution in [0.1, 0.15) is 13.8 Å². The summed E-state index contributed by atoms with van der Waals surface area (Å²) in [6.45, 7) is 3.18. The molecule has 1 amide bonds. The molecular formula is C9H15NO4. The number of rotatable bonds is 4. The molecule has 0 radical (unpaired) electrons. The molecule has 0 heterocycles. The standard InChI is InChI=1S/C9H15NO4/c1-9(2,6-11)10(3)7(12)4-5-8(13)14/h4-5,11H,6H2,1-3H3,(H,13,14)/b5-4+. The molecule has 14 heavy (non-hydrogen) atoms. The van der Waals surface area contributed by atoms with Crippen molar-refractivity contribution in [2.45, 2.75) is 19.4 Å². The quantitative estimate of drug-likeness (QED) is 0.620. The predicted octanol–water partition coefficient (Wildman–Crippen LogP) is -0.144. The molecule has 0 aliphatic carbocycles. The molecule has 0 unspecified atom stereocenters. The predicted molar refractivity (Wildman–Crippen MR) is 50.7 cm³/mol. The molecule has 0 spiro atoms. The van der Waals surface area contributed by atoms with Gasteiger partial charge < -0.3 is 15.1 Å². The van der Waals surface area contributed by atoms with E-state index in [-0.39, 0.29) is 6.61 Å². The summed E-state index contributed by atoms with van der Waals surface area (Å²) in [5, 5.41) is 17.3. The van der Waals surface area contributed by atoms with Gasteiger partial charge >= 0.3 is 5.97 Å². The first-order chi connectivity index (χ1) is 6.31. The minimum Gasteiger partial charge on any atom is -0.478 e. The van der Waals surface area contributed by atoms with E-state index in [4.69, 9.17) is 10.2 Å². The molecule has 0 aliphatic heterocycles. The molecule has 0 rings (SSSR count). The van der Waals surface area contributed by atoms with Gasteiger partial charge in [0.25, 0.3) is 0 Å². The Labute approximate surface area is 82.6 Å². The summed E-state index contributed by atoms with van der Waals surface area (Å²) in [6.07, 6.45) is 1.73. The Morgan fingerprint density at radius 1 is 1.36 bits per heavy atom. The van der Waals surface area contributed by atoms with Crippen molar-refractivity contribution in [2.24, 2.45) is 0 Å². The number of carbonyl (C=O) groups excluding carboxylic acids is 1. The Morgan fingerprint density at radius 2 is 1.86 bits per heavy atom. The number of aliphatic hydroxyl groups is 1. The maximum atomic E-state index is 11.3. The number of carboxylic acid groups (broad SMARTS) is 1. The van der Waals surface area contributed by atoms with Gasteiger partial charge in [-0.25, -0.2) is 4.79 Å². The molecule has 0 aromatic heterocycles. The Kier molecular flexibility index (Phi) is 4.30. The van der Waals surface area contributed by atoms with Crippen molar-refractivity contribution in [2.75, 3.05) is 13.7 Å². The highest BCUT2D eigenvalue weighted by molar-refractivity contribution is 5.94. The first-order valence-electron chi connectivity index (χ1n) is 4.11. The zero-order chi connectivity index (χ0) is 11.4. The molecule has 0 aliphatic rings. The Hall–Kier alpha value is -1.36. The fourth-order valence-corrected chi connectivity index (χ4v) is 0.659. The maximum absolute atomic E-state index is 11.3. The summed E-state index contributed by atoms with van der Waals surface area (Å²) in [4.78, 5) is 22.7. The maximum Gasteiger partial charge on any atom is 0.328 e. The lowest BCUT2D eigenvalue weighted by Crippen LogP contribution is -2.47. The number of nitrogens with zero attached hydrogens (tertiary/aromatic N) is 1. The van der Waals surface area contributed by atoms with Crippen LogP contribution < -0.4 is 0 Å². The van der Waals surface area contributed by atoms with Crippen LogP contribution in [-0.2, 0) is 9.59 Å². The highest BCUT2D eigenvalue weighted by Gasteiger charge is 2.25. The fourth-order valence-electron chi connectivity index (χ4n) is 0.659. The average Bonchev–Trinajstić information content (AvgIpc) is 2.12. The van der Waals surface area contributed by atoms with Crippen LogP contribution in [0.5, 0.6) is 0 Å². The van der Waals surface area contributed by atoms with E-state index in [1.807, 2.05) is 0 Å². The van der Waals surface area contributed by atoms with Gasteiger partial charge in [0.05, 0.1) is 12.1 Å². The molecule has 0 saturated heterocycles. The zero-order valence-corrected chi connectivity index (χ0v) is 8.52. The van der Waals surface area contributed by atoms with E-state index in [2.05, 4.69) is 0 Å². The van der Waals surface area contributed by atoms with Crippen molar-refractivity contribution >= 4 is 11.9 Å². The molecule has 0 saturated carbocycles. The van der Waals surface area contributed by atoms with E-state index in [9.17, 15) is 9.59 Å². The number of carboxylic acids is 1. The molecule has 5 nitrogen and oxygen atoms in total. The number of aliphatic carboxylic acids is 1. The van der Waals surface area contributed by atoms with Crippen molar-refractivity contribution in [3.05, 3.63) is 12.2 Å². The van der Waals surface area contributed by atoms with E-state index in [1.54, 1.807) is 13.8 Å². The Bertz CT molecular complexity index is 258. The second-order valence-corrected chi connectivity index (χ2v) is 3.54. The number of likely N-dealkylation sites (N-methyl/N-ethyl adjacent to an activating group) is 1. The van der Waals surface area contributed by atoms with Gasteiger partial charge in [-0.05, 0) is 13.8 Å². The van der Waals surface area contributed by atoms with Crippen molar-refractivity contribution < 1.29 is 19.8 Å². The monoisotopic (exact) mass is 201 g/mol. The summed E-state index contributed by atoms with van der Waals surface area (Å²) >= 11 is 0. The number of aliphatic hydroxyl groups excluding tert-OH is 1. The molecular weight excluding hydrogens is 186 g/mol. The SMILES string of the molecule is CN(C(=O)/C=C/C(=O)O)C(C)(C)CO. The van der Waals surface area contributed by atoms with Crippen molar-refractivity contribution in [3.8, 4) is 0 Å². The van der Waals surface area contributed by atoms with Crippen molar-refractivity contribution in [1.82, 2.24) is 4.90 Å². The lowest BCUT2D eigenvalue weighted by molar-refractivity contribution is -0.133. The van der Waals surface area contributed by atoms with Crippen LogP contribution in [-0.4, -0.2) is 46.2 Å². The van der Waals surface area contributed by atoms with Gasteiger partial charge in [-0.1, -0.05) is 0 Å². The van der Waals surface area contributed by atoms with E-state index in [1.165, 1.54) is 11.9 Å². The van der Waals surface area contributed by atoms with Crippen molar-refractivity contribution in [3.63, 3.8) is 0 Å². The van der Waals surface area contributed by atoms with E-state index in [0.717, 1.165) is 12.2 Å². The number of hydrogen-bond acceptors (Lipinski definition) is 3. The smallest absolute Gasteiger partial charge is 0.328 e. The minimum absolute atomic E-state index is 0.184. The summed E-state index contributed by atoms with van der Waals surface area (Å²) in [5.74, 6) is -1.62. The third-order valence-electron chi connectivity index (χ3n) is 1.99. The molecule has 0 aromatic rings. The van der Waals surface area contributed by atoms with E-state index < -0.39 is 17.4 Å². The molecule has 80 valence electrons. The lowest BCUT2D eigenvalue weighted by atomic mass is 10.1. The minimum atomic E-state index is -1.17. The third-order valence-corrected chi connectivity index (χ3v) is 1.99. The second kappa shape index (κ2) is 4.76. The van der Waals surface area contributed by atoms with Gasteiger partial charge in [0.2, 0.25) is 5.91 Å². The first kappa shape index (κ1) is 12.6. The molecule has 0 atom stereocenters. The van der Waals surface area contributed by atoms with Crippen LogP contribution in [0.4, 0.5) is 0 Å². The molecule has 0 fully saturated rings. The Balaban J connectivity index is 4.48. The van der Waals surface area contributed by atoms with Gasteiger partial charge in [0.1, 0.15) is 0 Å². The normalized spacial score (nSPS) is 11.7.